The van der Waals surface area contributed by atoms with Crippen molar-refractivity contribution in [2.45, 2.75) is 0 Å². The fraction of sp³-hybridized carbons (Fsp3) is 0. The summed E-state index contributed by atoms with van der Waals surface area (Å²) in [6.45, 7) is 0. The Morgan fingerprint density at radius 3 is 1.69 bits per heavy atom. The second-order valence-corrected chi connectivity index (χ2v) is 16.7. The molecule has 0 radical (unpaired) electrons. The molecule has 3 heteroatoms. The van der Waals surface area contributed by atoms with Crippen molar-refractivity contribution in [3.63, 3.8) is 0 Å². The summed E-state index contributed by atoms with van der Waals surface area (Å²) < 4.78 is 9.31. The fourth-order valence-electron chi connectivity index (χ4n) is 9.11. The molecule has 2 heterocycles. The van der Waals surface area contributed by atoms with E-state index in [1.165, 1.54) is 64.3 Å². The summed E-state index contributed by atoms with van der Waals surface area (Å²) in [5, 5.41) is 7.25. The second kappa shape index (κ2) is 14.5. The SMILES string of the molecule is c1ccc(-c2ccc3c(c2)sc2cc(N(c4ccc(-c5ccc(-c6cccc7ccccc67)cc5)cc4)c4ccc(-c5ccccc5)c5oc6ccccc6c45)ccc23)cc1. The van der Waals surface area contributed by atoms with E-state index < -0.39 is 0 Å². The van der Waals surface area contributed by atoms with Crippen LogP contribution in [0.1, 0.15) is 0 Å². The number of benzene rings is 10. The van der Waals surface area contributed by atoms with Crippen molar-refractivity contribution in [2.75, 3.05) is 4.90 Å². The van der Waals surface area contributed by atoms with Gasteiger partial charge in [0.15, 0.2) is 0 Å². The van der Waals surface area contributed by atoms with Crippen LogP contribution >= 0.6 is 11.3 Å². The lowest BCUT2D eigenvalue weighted by molar-refractivity contribution is 0.670. The molecule has 0 saturated heterocycles. The molecule has 12 rings (SSSR count). The predicted octanol–water partition coefficient (Wildman–Crippen LogP) is 17.2. The maximum absolute atomic E-state index is 6.78. The van der Waals surface area contributed by atoms with Crippen molar-refractivity contribution in [1.29, 1.82) is 0 Å². The van der Waals surface area contributed by atoms with Crippen LogP contribution in [0.15, 0.2) is 229 Å². The lowest BCUT2D eigenvalue weighted by atomic mass is 9.96. The Bertz CT molecular complexity index is 3560. The molecule has 61 heavy (non-hydrogen) atoms. The molecule has 0 amide bonds. The average Bonchev–Trinajstić information content (AvgIpc) is 3.91. The van der Waals surface area contributed by atoms with Gasteiger partial charge in [0, 0.05) is 42.5 Å². The molecule has 0 fully saturated rings. The maximum Gasteiger partial charge on any atom is 0.145 e. The summed E-state index contributed by atoms with van der Waals surface area (Å²) in [6, 6.07) is 81.0. The number of thiophene rings is 1. The van der Waals surface area contributed by atoms with Gasteiger partial charge in [-0.25, -0.2) is 0 Å². The van der Waals surface area contributed by atoms with Crippen LogP contribution in [0.25, 0.3) is 97.4 Å². The van der Waals surface area contributed by atoms with E-state index in [4.69, 9.17) is 4.42 Å². The third kappa shape index (κ3) is 6.09. The molecular weight excluding hydrogens is 759 g/mol. The first-order valence-corrected chi connectivity index (χ1v) is 21.6. The molecule has 0 aliphatic rings. The highest BCUT2D eigenvalue weighted by Gasteiger charge is 2.23. The first-order chi connectivity index (χ1) is 30.2. The summed E-state index contributed by atoms with van der Waals surface area (Å²) in [6.07, 6.45) is 0. The minimum atomic E-state index is 0.874. The van der Waals surface area contributed by atoms with E-state index in [0.29, 0.717) is 0 Å². The molecule has 0 aliphatic heterocycles. The van der Waals surface area contributed by atoms with E-state index in [2.05, 4.69) is 229 Å². The van der Waals surface area contributed by atoms with Gasteiger partial charge in [-0.3, -0.25) is 0 Å². The van der Waals surface area contributed by atoms with Gasteiger partial charge in [-0.2, -0.15) is 0 Å². The third-order valence-corrected chi connectivity index (χ3v) is 13.2. The zero-order valence-corrected chi connectivity index (χ0v) is 33.9. The molecule has 12 aromatic rings. The summed E-state index contributed by atoms with van der Waals surface area (Å²) in [5.74, 6) is 0. The van der Waals surface area contributed by atoms with Crippen LogP contribution in [0.2, 0.25) is 0 Å². The Morgan fingerprint density at radius 2 is 0.902 bits per heavy atom. The van der Waals surface area contributed by atoms with E-state index in [1.807, 2.05) is 11.3 Å². The van der Waals surface area contributed by atoms with Crippen LogP contribution < -0.4 is 4.90 Å². The highest BCUT2D eigenvalue weighted by Crippen LogP contribution is 2.48. The highest BCUT2D eigenvalue weighted by atomic mass is 32.1. The fourth-order valence-corrected chi connectivity index (χ4v) is 10.3. The van der Waals surface area contributed by atoms with Crippen molar-refractivity contribution < 1.29 is 4.42 Å². The van der Waals surface area contributed by atoms with Gasteiger partial charge in [0.05, 0.1) is 11.1 Å². The molecule has 0 N–H and O–H groups in total. The van der Waals surface area contributed by atoms with Crippen molar-refractivity contribution in [3.05, 3.63) is 224 Å². The van der Waals surface area contributed by atoms with Crippen LogP contribution in [0, 0.1) is 0 Å². The first-order valence-electron chi connectivity index (χ1n) is 20.7. The summed E-state index contributed by atoms with van der Waals surface area (Å²) in [4.78, 5) is 2.41. The van der Waals surface area contributed by atoms with Gasteiger partial charge < -0.3 is 9.32 Å². The van der Waals surface area contributed by atoms with E-state index in [9.17, 15) is 0 Å². The largest absolute Gasteiger partial charge is 0.455 e. The van der Waals surface area contributed by atoms with Crippen LogP contribution in [-0.4, -0.2) is 0 Å². The lowest BCUT2D eigenvalue weighted by Gasteiger charge is -2.27. The van der Waals surface area contributed by atoms with Gasteiger partial charge >= 0.3 is 0 Å². The molecule has 10 aromatic carbocycles. The van der Waals surface area contributed by atoms with Gasteiger partial charge in [0.2, 0.25) is 0 Å². The van der Waals surface area contributed by atoms with Gasteiger partial charge in [-0.1, -0.05) is 176 Å². The molecule has 2 nitrogen and oxygen atoms in total. The number of hydrogen-bond donors (Lipinski definition) is 0. The van der Waals surface area contributed by atoms with Gasteiger partial charge in [0.25, 0.3) is 0 Å². The number of para-hydroxylation sites is 1. The van der Waals surface area contributed by atoms with E-state index >= 15 is 0 Å². The predicted molar refractivity (Wildman–Crippen MR) is 261 cm³/mol. The Labute approximate surface area is 357 Å². The molecule has 0 bridgehead atoms. The van der Waals surface area contributed by atoms with Crippen molar-refractivity contribution in [3.8, 4) is 44.5 Å². The summed E-state index contributed by atoms with van der Waals surface area (Å²) >= 11 is 1.85. The van der Waals surface area contributed by atoms with Crippen LogP contribution in [0.3, 0.4) is 0 Å². The van der Waals surface area contributed by atoms with E-state index in [1.54, 1.807) is 0 Å². The molecule has 0 atom stereocenters. The highest BCUT2D eigenvalue weighted by molar-refractivity contribution is 7.25. The second-order valence-electron chi connectivity index (χ2n) is 15.6. The number of anilines is 3. The number of rotatable bonds is 7. The van der Waals surface area contributed by atoms with Gasteiger partial charge in [0.1, 0.15) is 11.2 Å². The zero-order valence-electron chi connectivity index (χ0n) is 33.1. The maximum atomic E-state index is 6.78. The zero-order chi connectivity index (χ0) is 40.3. The quantitative estimate of drug-likeness (QED) is 0.160. The van der Waals surface area contributed by atoms with Crippen LogP contribution in [-0.2, 0) is 0 Å². The minimum absolute atomic E-state index is 0.874. The minimum Gasteiger partial charge on any atom is -0.455 e. The van der Waals surface area contributed by atoms with Crippen molar-refractivity contribution in [2.24, 2.45) is 0 Å². The molecule has 0 aliphatic carbocycles. The normalized spacial score (nSPS) is 11.6. The number of hydrogen-bond acceptors (Lipinski definition) is 3. The van der Waals surface area contributed by atoms with Crippen molar-refractivity contribution in [1.82, 2.24) is 0 Å². The molecular formula is C58H37NOS. The van der Waals surface area contributed by atoms with E-state index in [0.717, 1.165) is 50.1 Å². The summed E-state index contributed by atoms with van der Waals surface area (Å²) in [7, 11) is 0. The third-order valence-electron chi connectivity index (χ3n) is 12.1. The first kappa shape index (κ1) is 35.2. The Morgan fingerprint density at radius 1 is 0.344 bits per heavy atom. The monoisotopic (exact) mass is 795 g/mol. The Hall–Kier alpha value is -7.72. The Kier molecular flexibility index (Phi) is 8.39. The summed E-state index contributed by atoms with van der Waals surface area (Å²) in [5.41, 5.74) is 14.5. The van der Waals surface area contributed by atoms with E-state index in [-0.39, 0.29) is 0 Å². The average molecular weight is 796 g/mol. The topological polar surface area (TPSA) is 16.4 Å². The van der Waals surface area contributed by atoms with Crippen LogP contribution in [0.4, 0.5) is 17.1 Å². The number of nitrogens with zero attached hydrogens (tertiary/aromatic N) is 1. The Balaban J connectivity index is 1.00. The van der Waals surface area contributed by atoms with Gasteiger partial charge in [-0.15, -0.1) is 11.3 Å². The lowest BCUT2D eigenvalue weighted by Crippen LogP contribution is -2.10. The smallest absolute Gasteiger partial charge is 0.145 e. The molecule has 0 saturated carbocycles. The standard InChI is InChI=1S/C58H37NOS/c1-3-12-38(13-4-1)44-28-32-50-51-33-31-46(37-56(51)61-55(50)36-44)59(53-35-34-49(42-14-5-2-6-15-42)58-57(53)52-19-9-10-21-54(52)60-58)45-29-26-40(27-30-45)39-22-24-43(25-23-39)48-20-11-17-41-16-7-8-18-47(41)48/h1-37H. The molecule has 0 unspecified atom stereocenters. The van der Waals surface area contributed by atoms with Crippen molar-refractivity contribution >= 4 is 81.3 Å². The number of furan rings is 1. The molecule has 2 aromatic heterocycles. The molecule has 0 spiro atoms. The van der Waals surface area contributed by atoms with Crippen LogP contribution in [0.5, 0.6) is 0 Å². The molecule has 286 valence electrons. The number of fused-ring (bicyclic) bond motifs is 7. The van der Waals surface area contributed by atoms with Gasteiger partial charge in [-0.05, 0) is 98.2 Å².